The Labute approximate surface area is 124 Å². The first-order chi connectivity index (χ1) is 10.0. The molecule has 1 fully saturated rings. The molecule has 0 bridgehead atoms. The molecule has 0 saturated heterocycles. The zero-order valence-electron chi connectivity index (χ0n) is 11.9. The van der Waals surface area contributed by atoms with Crippen LogP contribution in [0.1, 0.15) is 25.7 Å². The number of benzene rings is 1. The van der Waals surface area contributed by atoms with Gasteiger partial charge in [0.1, 0.15) is 5.52 Å². The molecule has 1 aliphatic carbocycles. The molecule has 0 spiro atoms. The van der Waals surface area contributed by atoms with Crippen molar-refractivity contribution in [2.75, 3.05) is 6.54 Å². The summed E-state index contributed by atoms with van der Waals surface area (Å²) in [7, 11) is -3.11. The number of sulfonamides is 1. The van der Waals surface area contributed by atoms with Crippen molar-refractivity contribution in [3.63, 3.8) is 0 Å². The largest absolute Gasteiger partial charge is 0.439 e. The van der Waals surface area contributed by atoms with Crippen LogP contribution in [-0.4, -0.2) is 31.2 Å². The molecule has 1 aliphatic rings. The van der Waals surface area contributed by atoms with Crippen LogP contribution in [0.5, 0.6) is 0 Å². The smallest absolute Gasteiger partial charge is 0.214 e. The van der Waals surface area contributed by atoms with Crippen molar-refractivity contribution in [3.05, 3.63) is 30.2 Å². The summed E-state index contributed by atoms with van der Waals surface area (Å²) in [4.78, 5) is 4.36. The third-order valence-electron chi connectivity index (χ3n) is 3.49. The van der Waals surface area contributed by atoms with Crippen molar-refractivity contribution >= 4 is 21.1 Å². The SMILES string of the molecule is C[C@@H](CNS(=O)(=O)C1CC1)NCc1nc2ccccc2o1. The molecule has 0 amide bonds. The first kappa shape index (κ1) is 14.5. The fourth-order valence-corrected chi connectivity index (χ4v) is 3.54. The van der Waals surface area contributed by atoms with Crippen LogP contribution in [0.3, 0.4) is 0 Å². The van der Waals surface area contributed by atoms with Gasteiger partial charge in [-0.1, -0.05) is 12.1 Å². The number of rotatable bonds is 7. The van der Waals surface area contributed by atoms with Crippen molar-refractivity contribution < 1.29 is 12.8 Å². The van der Waals surface area contributed by atoms with Crippen molar-refractivity contribution in [3.8, 4) is 0 Å². The van der Waals surface area contributed by atoms with Crippen LogP contribution in [0.15, 0.2) is 28.7 Å². The zero-order chi connectivity index (χ0) is 14.9. The Balaban J connectivity index is 1.50. The van der Waals surface area contributed by atoms with Crippen molar-refractivity contribution in [1.82, 2.24) is 15.0 Å². The molecule has 1 saturated carbocycles. The number of aromatic nitrogens is 1. The highest BCUT2D eigenvalue weighted by molar-refractivity contribution is 7.90. The maximum atomic E-state index is 11.7. The van der Waals surface area contributed by atoms with Gasteiger partial charge < -0.3 is 9.73 Å². The number of nitrogens with zero attached hydrogens (tertiary/aromatic N) is 1. The lowest BCUT2D eigenvalue weighted by Gasteiger charge is -2.13. The molecule has 3 rings (SSSR count). The van der Waals surface area contributed by atoms with E-state index in [4.69, 9.17) is 4.42 Å². The van der Waals surface area contributed by atoms with Crippen LogP contribution in [0.25, 0.3) is 11.1 Å². The highest BCUT2D eigenvalue weighted by Crippen LogP contribution is 2.27. The minimum Gasteiger partial charge on any atom is -0.439 e. The molecule has 1 aromatic heterocycles. The van der Waals surface area contributed by atoms with Crippen LogP contribution in [-0.2, 0) is 16.6 Å². The van der Waals surface area contributed by atoms with Gasteiger partial charge in [0.15, 0.2) is 5.58 Å². The van der Waals surface area contributed by atoms with Crippen molar-refractivity contribution in [1.29, 1.82) is 0 Å². The lowest BCUT2D eigenvalue weighted by atomic mass is 10.3. The van der Waals surface area contributed by atoms with Crippen LogP contribution < -0.4 is 10.0 Å². The summed E-state index contributed by atoms with van der Waals surface area (Å²) < 4.78 is 31.7. The molecule has 114 valence electrons. The second kappa shape index (κ2) is 5.75. The Morgan fingerprint density at radius 3 is 2.86 bits per heavy atom. The van der Waals surface area contributed by atoms with Gasteiger partial charge in [-0.3, -0.25) is 0 Å². The third-order valence-corrected chi connectivity index (χ3v) is 5.41. The Morgan fingerprint density at radius 1 is 1.38 bits per heavy atom. The molecule has 1 aromatic carbocycles. The van der Waals surface area contributed by atoms with Crippen LogP contribution in [0, 0.1) is 0 Å². The van der Waals surface area contributed by atoms with Gasteiger partial charge in [0.05, 0.1) is 11.8 Å². The lowest BCUT2D eigenvalue weighted by Crippen LogP contribution is -2.39. The summed E-state index contributed by atoms with van der Waals surface area (Å²) in [6, 6.07) is 7.60. The molecule has 21 heavy (non-hydrogen) atoms. The first-order valence-electron chi connectivity index (χ1n) is 7.11. The van der Waals surface area contributed by atoms with Crippen LogP contribution in [0.2, 0.25) is 0 Å². The van der Waals surface area contributed by atoms with Gasteiger partial charge in [0.2, 0.25) is 15.9 Å². The maximum Gasteiger partial charge on any atom is 0.214 e. The van der Waals surface area contributed by atoms with Gasteiger partial charge in [0.25, 0.3) is 0 Å². The molecule has 7 heteroatoms. The summed E-state index contributed by atoms with van der Waals surface area (Å²) in [6.45, 7) is 2.78. The van der Waals surface area contributed by atoms with E-state index in [0.29, 0.717) is 19.0 Å². The summed E-state index contributed by atoms with van der Waals surface area (Å²) in [5, 5.41) is 3.03. The molecular weight excluding hydrogens is 290 g/mol. The van der Waals surface area contributed by atoms with E-state index in [1.807, 2.05) is 31.2 Å². The predicted molar refractivity (Wildman–Crippen MR) is 80.3 cm³/mol. The number of fused-ring (bicyclic) bond motifs is 1. The number of hydrogen-bond acceptors (Lipinski definition) is 5. The maximum absolute atomic E-state index is 11.7. The number of nitrogens with one attached hydrogen (secondary N) is 2. The molecule has 6 nitrogen and oxygen atoms in total. The van der Waals surface area contributed by atoms with Gasteiger partial charge in [-0.25, -0.2) is 18.1 Å². The number of para-hydroxylation sites is 2. The normalized spacial score (nSPS) is 17.2. The molecule has 1 heterocycles. The van der Waals surface area contributed by atoms with Gasteiger partial charge >= 0.3 is 0 Å². The van der Waals surface area contributed by atoms with E-state index in [1.54, 1.807) is 0 Å². The standard InChI is InChI=1S/C14H19N3O3S/c1-10(8-16-21(18,19)11-6-7-11)15-9-14-17-12-4-2-3-5-13(12)20-14/h2-5,10-11,15-16H,6-9H2,1H3/t10-/m0/s1. The Hall–Kier alpha value is -1.44. The Bertz CT molecular complexity index is 689. The molecule has 2 aromatic rings. The lowest BCUT2D eigenvalue weighted by molar-refractivity contribution is 0.456. The second-order valence-electron chi connectivity index (χ2n) is 5.45. The highest BCUT2D eigenvalue weighted by atomic mass is 32.2. The van der Waals surface area contributed by atoms with Gasteiger partial charge in [0, 0.05) is 12.6 Å². The van der Waals surface area contributed by atoms with E-state index in [0.717, 1.165) is 23.9 Å². The topological polar surface area (TPSA) is 84.2 Å². The molecule has 1 atom stereocenters. The summed E-state index contributed by atoms with van der Waals surface area (Å²) in [5.74, 6) is 0.605. The Morgan fingerprint density at radius 2 is 2.14 bits per heavy atom. The average Bonchev–Trinajstić information content (AvgIpc) is 3.24. The molecular formula is C14H19N3O3S. The van der Waals surface area contributed by atoms with Gasteiger partial charge in [-0.15, -0.1) is 0 Å². The van der Waals surface area contributed by atoms with E-state index in [-0.39, 0.29) is 11.3 Å². The summed E-state index contributed by atoms with van der Waals surface area (Å²) in [5.41, 5.74) is 1.59. The van der Waals surface area contributed by atoms with E-state index < -0.39 is 10.0 Å². The predicted octanol–water partition coefficient (Wildman–Crippen LogP) is 1.39. The molecule has 2 N–H and O–H groups in total. The molecule has 0 radical (unpaired) electrons. The van der Waals surface area contributed by atoms with Crippen LogP contribution >= 0.6 is 0 Å². The quantitative estimate of drug-likeness (QED) is 0.807. The van der Waals surface area contributed by atoms with E-state index >= 15 is 0 Å². The Kier molecular flexibility index (Phi) is 3.97. The van der Waals surface area contributed by atoms with E-state index in [2.05, 4.69) is 15.0 Å². The second-order valence-corrected chi connectivity index (χ2v) is 7.50. The van der Waals surface area contributed by atoms with E-state index in [1.165, 1.54) is 0 Å². The summed E-state index contributed by atoms with van der Waals surface area (Å²) in [6.07, 6.45) is 1.56. The van der Waals surface area contributed by atoms with Crippen molar-refractivity contribution in [2.24, 2.45) is 0 Å². The van der Waals surface area contributed by atoms with Gasteiger partial charge in [-0.2, -0.15) is 0 Å². The fraction of sp³-hybridized carbons (Fsp3) is 0.500. The molecule has 0 unspecified atom stereocenters. The monoisotopic (exact) mass is 309 g/mol. The van der Waals surface area contributed by atoms with Gasteiger partial charge in [-0.05, 0) is 31.9 Å². The zero-order valence-corrected chi connectivity index (χ0v) is 12.7. The average molecular weight is 309 g/mol. The highest BCUT2D eigenvalue weighted by Gasteiger charge is 2.35. The van der Waals surface area contributed by atoms with Crippen LogP contribution in [0.4, 0.5) is 0 Å². The van der Waals surface area contributed by atoms with E-state index in [9.17, 15) is 8.42 Å². The fourth-order valence-electron chi connectivity index (χ4n) is 2.07. The minimum atomic E-state index is -3.11. The third kappa shape index (κ3) is 3.61. The first-order valence-corrected chi connectivity index (χ1v) is 8.65. The number of oxazole rings is 1. The van der Waals surface area contributed by atoms with Crippen molar-refractivity contribution in [2.45, 2.75) is 37.6 Å². The number of hydrogen-bond donors (Lipinski definition) is 2. The minimum absolute atomic E-state index is 0.00790. The molecule has 0 aliphatic heterocycles. The summed E-state index contributed by atoms with van der Waals surface area (Å²) >= 11 is 0.